The second-order valence-corrected chi connectivity index (χ2v) is 13.5. The summed E-state index contributed by atoms with van der Waals surface area (Å²) >= 11 is 0. The number of quaternary nitrogens is 1. The molecule has 0 saturated carbocycles. The summed E-state index contributed by atoms with van der Waals surface area (Å²) in [5.41, 5.74) is 3.73. The van der Waals surface area contributed by atoms with E-state index in [2.05, 4.69) is 51.4 Å². The first-order valence-electron chi connectivity index (χ1n) is 14.2. The van der Waals surface area contributed by atoms with Crippen molar-refractivity contribution in [2.24, 2.45) is 5.92 Å². The van der Waals surface area contributed by atoms with Crippen molar-refractivity contribution in [1.29, 1.82) is 0 Å². The molecule has 0 radical (unpaired) electrons. The van der Waals surface area contributed by atoms with E-state index in [1.807, 2.05) is 13.8 Å². The van der Waals surface area contributed by atoms with Gasteiger partial charge in [0.05, 0.1) is 36.8 Å². The molecule has 7 atom stereocenters. The van der Waals surface area contributed by atoms with Crippen LogP contribution < -0.4 is 21.9 Å². The molecule has 17 heteroatoms. The Labute approximate surface area is 248 Å². The van der Waals surface area contributed by atoms with Crippen LogP contribution in [-0.4, -0.2) is 64.5 Å². The molecule has 16 nitrogen and oxygen atoms in total. The van der Waals surface area contributed by atoms with Gasteiger partial charge in [-0.1, -0.05) is 13.8 Å². The number of aromatic amines is 1. The van der Waals surface area contributed by atoms with Crippen molar-refractivity contribution < 1.29 is 33.7 Å². The summed E-state index contributed by atoms with van der Waals surface area (Å²) in [6.45, 7) is 13.0. The van der Waals surface area contributed by atoms with Crippen LogP contribution in [0.15, 0.2) is 22.2 Å². The van der Waals surface area contributed by atoms with E-state index in [4.69, 9.17) is 18.5 Å². The van der Waals surface area contributed by atoms with Crippen molar-refractivity contribution in [3.63, 3.8) is 0 Å². The van der Waals surface area contributed by atoms with E-state index < -0.39 is 44.3 Å². The van der Waals surface area contributed by atoms with Gasteiger partial charge in [0, 0.05) is 6.42 Å². The van der Waals surface area contributed by atoms with Gasteiger partial charge in [0.2, 0.25) is 0 Å². The van der Waals surface area contributed by atoms with Crippen LogP contribution in [0, 0.1) is 19.8 Å². The lowest BCUT2D eigenvalue weighted by atomic mass is 10.0. The lowest BCUT2D eigenvalue weighted by Gasteiger charge is -2.29. The van der Waals surface area contributed by atoms with Gasteiger partial charge in [0.1, 0.15) is 30.4 Å². The molecule has 3 unspecified atom stereocenters. The van der Waals surface area contributed by atoms with Crippen molar-refractivity contribution in [2.45, 2.75) is 104 Å². The standard InChI is InChI=1S/C22H30N7O8P.C4H11N/c1-5-14-15(7-18(35-14)29-9-23-12(3)27-22(29)31)37-38(32,33)34-8-16-11(2)6-17(36-16)28-10-24-19-20(28)25-13(4)26-21(19)30;1-4(2,3)5/h9-11,14-18H,5-8H2,1-4H3,(H,32,33)(H,25,26,30);5H2,1-3H3/t11?,14-,15?,16-,17-,18-;/m1./s1. The van der Waals surface area contributed by atoms with Crippen LogP contribution in [0.4, 0.5) is 0 Å². The number of rotatable bonds is 8. The number of hydrogen-bond acceptors (Lipinski definition) is 12. The second kappa shape index (κ2) is 13.0. The lowest BCUT2D eigenvalue weighted by Crippen LogP contribution is -2.67. The van der Waals surface area contributed by atoms with Crippen molar-refractivity contribution in [3.05, 3.63) is 45.1 Å². The fourth-order valence-corrected chi connectivity index (χ4v) is 5.76. The summed E-state index contributed by atoms with van der Waals surface area (Å²) in [4.78, 5) is 56.0. The molecule has 2 aliphatic heterocycles. The summed E-state index contributed by atoms with van der Waals surface area (Å²) in [7, 11) is -4.75. The number of imidazole rings is 1. The molecule has 0 amide bonds. The average molecular weight is 625 g/mol. The van der Waals surface area contributed by atoms with Gasteiger partial charge in [0.25, 0.3) is 13.4 Å². The minimum Gasteiger partial charge on any atom is -0.756 e. The number of phosphoric ester groups is 1. The third-order valence-electron chi connectivity index (χ3n) is 6.80. The van der Waals surface area contributed by atoms with E-state index >= 15 is 0 Å². The maximum atomic E-state index is 12.7. The van der Waals surface area contributed by atoms with Gasteiger partial charge < -0.3 is 34.1 Å². The predicted octanol–water partition coefficient (Wildman–Crippen LogP) is 0.906. The highest BCUT2D eigenvalue weighted by atomic mass is 31.2. The third-order valence-corrected chi connectivity index (χ3v) is 7.80. The Morgan fingerprint density at radius 2 is 1.72 bits per heavy atom. The second-order valence-electron chi connectivity index (χ2n) is 12.1. The first-order valence-corrected chi connectivity index (χ1v) is 15.7. The summed E-state index contributed by atoms with van der Waals surface area (Å²) < 4.78 is 38.1. The number of ether oxygens (including phenoxy) is 2. The molecular weight excluding hydrogens is 583 g/mol. The minimum absolute atomic E-state index is 0.0588. The molecule has 4 N–H and O–H groups in total. The third kappa shape index (κ3) is 8.41. The molecular formula is C26H41N8O8P. The zero-order valence-electron chi connectivity index (χ0n) is 25.6. The molecule has 3 aromatic heterocycles. The van der Waals surface area contributed by atoms with Gasteiger partial charge in [-0.2, -0.15) is 4.98 Å². The Bertz CT molecular complexity index is 1580. The first kappa shape index (κ1) is 33.1. The number of fused-ring (bicyclic) bond motifs is 1. The van der Waals surface area contributed by atoms with Crippen LogP contribution in [-0.2, 0) is 23.1 Å². The summed E-state index contributed by atoms with van der Waals surface area (Å²) in [6.07, 6.45) is 0.702. The molecule has 43 heavy (non-hydrogen) atoms. The van der Waals surface area contributed by atoms with Crippen LogP contribution in [0.5, 0.6) is 0 Å². The average Bonchev–Trinajstić information content (AvgIpc) is 3.58. The molecule has 0 bridgehead atoms. The minimum atomic E-state index is -4.75. The summed E-state index contributed by atoms with van der Waals surface area (Å²) in [5, 5.41) is 0. The van der Waals surface area contributed by atoms with E-state index in [9.17, 15) is 19.0 Å². The Morgan fingerprint density at radius 1 is 1.09 bits per heavy atom. The SMILES string of the molecule is CC(C)(C)[NH3+].CC[C@H]1O[C@@H](n2cnc(C)nc2=O)CC1OP(=O)([O-])OC[C@H]1O[C@@H](n2cnc3c(=O)[nH]c(C)nc32)CC1C. The molecule has 2 fully saturated rings. The Balaban J connectivity index is 0.000000782. The van der Waals surface area contributed by atoms with Gasteiger partial charge in [-0.25, -0.2) is 19.7 Å². The number of hydrogen-bond donors (Lipinski definition) is 2. The number of nitrogens with one attached hydrogen (secondary N) is 1. The fraction of sp³-hybridized carbons (Fsp3) is 0.692. The zero-order chi connectivity index (χ0) is 31.7. The fourth-order valence-electron chi connectivity index (χ4n) is 4.81. The number of aromatic nitrogens is 7. The van der Waals surface area contributed by atoms with E-state index in [1.54, 1.807) is 18.4 Å². The van der Waals surface area contributed by atoms with E-state index in [1.165, 1.54) is 17.2 Å². The Morgan fingerprint density at radius 3 is 2.37 bits per heavy atom. The molecule has 3 aromatic rings. The smallest absolute Gasteiger partial charge is 0.352 e. The monoisotopic (exact) mass is 624 g/mol. The highest BCUT2D eigenvalue weighted by Gasteiger charge is 2.40. The number of nitrogens with zero attached hydrogens (tertiary/aromatic N) is 6. The maximum absolute atomic E-state index is 12.7. The highest BCUT2D eigenvalue weighted by Crippen LogP contribution is 2.46. The largest absolute Gasteiger partial charge is 0.756 e. The summed E-state index contributed by atoms with van der Waals surface area (Å²) in [5.74, 6) is 0.716. The van der Waals surface area contributed by atoms with Gasteiger partial charge in [-0.15, -0.1) is 0 Å². The molecule has 0 aromatic carbocycles. The van der Waals surface area contributed by atoms with Gasteiger partial charge in [-0.05, 0) is 53.4 Å². The van der Waals surface area contributed by atoms with Gasteiger partial charge >= 0.3 is 5.69 Å². The normalized spacial score (nSPS) is 27.2. The van der Waals surface area contributed by atoms with E-state index in [0.717, 1.165) is 0 Å². The maximum Gasteiger partial charge on any atom is 0.352 e. The molecule has 2 aliphatic rings. The molecule has 0 spiro atoms. The Hall–Kier alpha value is -2.85. The molecule has 238 valence electrons. The molecule has 5 heterocycles. The molecule has 2 saturated heterocycles. The molecule has 5 rings (SSSR count). The predicted molar refractivity (Wildman–Crippen MR) is 151 cm³/mol. The van der Waals surface area contributed by atoms with Gasteiger partial charge in [0.15, 0.2) is 11.2 Å². The topological polar surface area (TPSA) is 216 Å². The molecule has 0 aliphatic carbocycles. The van der Waals surface area contributed by atoms with Crippen LogP contribution in [0.25, 0.3) is 11.2 Å². The van der Waals surface area contributed by atoms with E-state index in [0.29, 0.717) is 30.1 Å². The van der Waals surface area contributed by atoms with Crippen molar-refractivity contribution in [2.75, 3.05) is 6.61 Å². The van der Waals surface area contributed by atoms with Crippen LogP contribution in [0.2, 0.25) is 0 Å². The Kier molecular flexibility index (Phi) is 10.0. The number of phosphoric acid groups is 1. The summed E-state index contributed by atoms with van der Waals surface area (Å²) in [6, 6.07) is 0. The van der Waals surface area contributed by atoms with Crippen LogP contribution in [0.3, 0.4) is 0 Å². The lowest BCUT2D eigenvalue weighted by molar-refractivity contribution is -0.458. The number of aryl methyl sites for hydroxylation is 2. The van der Waals surface area contributed by atoms with Gasteiger partial charge in [-0.3, -0.25) is 18.5 Å². The van der Waals surface area contributed by atoms with Crippen molar-refractivity contribution in [1.82, 2.24) is 34.1 Å². The van der Waals surface area contributed by atoms with Crippen molar-refractivity contribution >= 4 is 19.0 Å². The van der Waals surface area contributed by atoms with E-state index in [-0.39, 0.29) is 35.6 Å². The first-order chi connectivity index (χ1) is 20.0. The number of H-pyrrole nitrogens is 1. The van der Waals surface area contributed by atoms with Crippen molar-refractivity contribution in [3.8, 4) is 0 Å². The quantitative estimate of drug-likeness (QED) is 0.334. The van der Waals surface area contributed by atoms with Crippen LogP contribution >= 0.6 is 7.82 Å². The highest BCUT2D eigenvalue weighted by molar-refractivity contribution is 7.45. The van der Waals surface area contributed by atoms with Crippen LogP contribution in [0.1, 0.15) is 78.0 Å². The zero-order valence-corrected chi connectivity index (χ0v) is 26.4.